The van der Waals surface area contributed by atoms with Gasteiger partial charge in [0.05, 0.1) is 25.8 Å². The Kier molecular flexibility index (Phi) is 10.2. The Labute approximate surface area is 229 Å². The zero-order valence-electron chi connectivity index (χ0n) is 22.2. The van der Waals surface area contributed by atoms with E-state index < -0.39 is 23.9 Å². The summed E-state index contributed by atoms with van der Waals surface area (Å²) in [6.45, 7) is 0.680. The SMILES string of the molecule is NCC(=O)[C@@H]1COCCOc2cccc(c2)C[C@H](N2CCCC2=O)C(=O)C[C@@H](CCc2ccccc2)C(=O)N1. The molecule has 0 aliphatic carbocycles. The molecule has 2 aromatic carbocycles. The summed E-state index contributed by atoms with van der Waals surface area (Å²) in [6, 6.07) is 15.6. The highest BCUT2D eigenvalue weighted by Gasteiger charge is 2.35. The standard InChI is InChI=1S/C30H37N3O6/c31-19-28(35)25-20-38-14-15-39-24-9-4-8-22(16-24)17-26(33-13-5-10-29(33)36)27(34)18-23(30(37)32-25)12-11-21-6-2-1-3-7-21/h1-4,6-9,16,23,25-26H,5,10-15,17-20,31H2,(H,32,37)/t23-,25+,26+/m1/s1. The maximum absolute atomic E-state index is 13.9. The molecule has 4 rings (SSSR count). The van der Waals surface area contributed by atoms with Crippen LogP contribution in [0.2, 0.25) is 0 Å². The van der Waals surface area contributed by atoms with Crippen LogP contribution in [0.1, 0.15) is 36.8 Å². The van der Waals surface area contributed by atoms with Gasteiger partial charge in [-0.05, 0) is 42.5 Å². The maximum atomic E-state index is 13.9. The molecular formula is C30H37N3O6. The molecule has 0 radical (unpaired) electrons. The van der Waals surface area contributed by atoms with Crippen molar-refractivity contribution in [2.45, 2.75) is 50.6 Å². The third kappa shape index (κ3) is 7.97. The molecule has 1 fully saturated rings. The Morgan fingerprint density at radius 3 is 2.59 bits per heavy atom. The van der Waals surface area contributed by atoms with Crippen molar-refractivity contribution in [2.24, 2.45) is 11.7 Å². The number of likely N-dealkylation sites (tertiary alicyclic amines) is 1. The van der Waals surface area contributed by atoms with E-state index in [1.165, 1.54) is 0 Å². The van der Waals surface area contributed by atoms with Crippen molar-refractivity contribution in [1.29, 1.82) is 0 Å². The molecule has 0 spiro atoms. The fraction of sp³-hybridized carbons (Fsp3) is 0.467. The van der Waals surface area contributed by atoms with Crippen molar-refractivity contribution < 1.29 is 28.7 Å². The molecule has 3 N–H and O–H groups in total. The largest absolute Gasteiger partial charge is 0.491 e. The lowest BCUT2D eigenvalue weighted by Crippen LogP contribution is -2.50. The Bertz CT molecular complexity index is 1150. The van der Waals surface area contributed by atoms with Crippen molar-refractivity contribution in [3.63, 3.8) is 0 Å². The fourth-order valence-corrected chi connectivity index (χ4v) is 5.14. The van der Waals surface area contributed by atoms with E-state index in [1.807, 2.05) is 54.6 Å². The van der Waals surface area contributed by atoms with Gasteiger partial charge in [-0.15, -0.1) is 0 Å². The summed E-state index contributed by atoms with van der Waals surface area (Å²) in [5.74, 6) is -1.03. The number of carbonyl (C=O) groups excluding carboxylic acids is 4. The summed E-state index contributed by atoms with van der Waals surface area (Å²) in [4.78, 5) is 54.3. The molecule has 1 saturated heterocycles. The number of aryl methyl sites for hydroxylation is 1. The molecule has 39 heavy (non-hydrogen) atoms. The first-order valence-corrected chi connectivity index (χ1v) is 13.6. The lowest BCUT2D eigenvalue weighted by Gasteiger charge is -2.29. The molecule has 208 valence electrons. The molecule has 9 heteroatoms. The van der Waals surface area contributed by atoms with Crippen molar-refractivity contribution >= 4 is 23.4 Å². The fourth-order valence-electron chi connectivity index (χ4n) is 5.14. The number of rotatable bonds is 6. The summed E-state index contributed by atoms with van der Waals surface area (Å²) in [5, 5.41) is 2.79. The zero-order valence-corrected chi connectivity index (χ0v) is 22.2. The first-order valence-electron chi connectivity index (χ1n) is 13.6. The number of ketones is 2. The van der Waals surface area contributed by atoms with Crippen LogP contribution in [0.15, 0.2) is 54.6 Å². The van der Waals surface area contributed by atoms with Crippen LogP contribution in [0.25, 0.3) is 0 Å². The van der Waals surface area contributed by atoms with Gasteiger partial charge in [0.25, 0.3) is 0 Å². The smallest absolute Gasteiger partial charge is 0.224 e. The van der Waals surface area contributed by atoms with Crippen molar-refractivity contribution in [3.05, 3.63) is 65.7 Å². The average molecular weight is 536 g/mol. The molecule has 0 aromatic heterocycles. The Balaban J connectivity index is 1.63. The van der Waals surface area contributed by atoms with Gasteiger partial charge < -0.3 is 25.4 Å². The Morgan fingerprint density at radius 2 is 1.85 bits per heavy atom. The van der Waals surface area contributed by atoms with Crippen LogP contribution in [0.5, 0.6) is 5.75 Å². The summed E-state index contributed by atoms with van der Waals surface area (Å²) in [5.41, 5.74) is 7.52. The van der Waals surface area contributed by atoms with Crippen molar-refractivity contribution in [3.8, 4) is 5.75 Å². The third-order valence-corrected chi connectivity index (χ3v) is 7.32. The van der Waals surface area contributed by atoms with E-state index in [2.05, 4.69) is 5.32 Å². The van der Waals surface area contributed by atoms with Crippen LogP contribution in [-0.4, -0.2) is 73.3 Å². The lowest BCUT2D eigenvalue weighted by atomic mass is 9.89. The highest BCUT2D eigenvalue weighted by Crippen LogP contribution is 2.24. The lowest BCUT2D eigenvalue weighted by molar-refractivity contribution is -0.138. The highest BCUT2D eigenvalue weighted by atomic mass is 16.5. The van der Waals surface area contributed by atoms with E-state index in [9.17, 15) is 19.2 Å². The predicted molar refractivity (Wildman–Crippen MR) is 145 cm³/mol. The minimum absolute atomic E-state index is 0.0462. The van der Waals surface area contributed by atoms with Gasteiger partial charge in [0.2, 0.25) is 11.8 Å². The van der Waals surface area contributed by atoms with Crippen LogP contribution in [0.3, 0.4) is 0 Å². The first-order chi connectivity index (χ1) is 18.9. The van der Waals surface area contributed by atoms with Gasteiger partial charge in [-0.1, -0.05) is 42.5 Å². The van der Waals surface area contributed by atoms with E-state index in [0.717, 1.165) is 11.1 Å². The zero-order chi connectivity index (χ0) is 27.6. The summed E-state index contributed by atoms with van der Waals surface area (Å²) in [6.07, 6.45) is 2.40. The number of hydrogen-bond donors (Lipinski definition) is 2. The Hall–Kier alpha value is -3.56. The Morgan fingerprint density at radius 1 is 1.03 bits per heavy atom. The first kappa shape index (κ1) is 28.4. The van der Waals surface area contributed by atoms with E-state index in [0.29, 0.717) is 44.4 Å². The van der Waals surface area contributed by atoms with Crippen LogP contribution >= 0.6 is 0 Å². The quantitative estimate of drug-likeness (QED) is 0.578. The van der Waals surface area contributed by atoms with Gasteiger partial charge in [-0.25, -0.2) is 0 Å². The molecule has 2 aliphatic rings. The molecule has 0 saturated carbocycles. The molecule has 9 nitrogen and oxygen atoms in total. The second-order valence-corrected chi connectivity index (χ2v) is 10.1. The minimum atomic E-state index is -0.927. The van der Waals surface area contributed by atoms with Crippen molar-refractivity contribution in [2.75, 3.05) is 32.9 Å². The number of amides is 2. The molecule has 2 aromatic rings. The third-order valence-electron chi connectivity index (χ3n) is 7.32. The molecule has 2 amide bonds. The van der Waals surface area contributed by atoms with E-state index in [-0.39, 0.29) is 50.3 Å². The monoisotopic (exact) mass is 535 g/mol. The van der Waals surface area contributed by atoms with Crippen LogP contribution in [0, 0.1) is 5.92 Å². The van der Waals surface area contributed by atoms with E-state index >= 15 is 0 Å². The second-order valence-electron chi connectivity index (χ2n) is 10.1. The van der Waals surface area contributed by atoms with Gasteiger partial charge in [0.1, 0.15) is 18.4 Å². The number of ether oxygens (including phenoxy) is 2. The molecule has 2 bridgehead atoms. The topological polar surface area (TPSA) is 128 Å². The van der Waals surface area contributed by atoms with Gasteiger partial charge >= 0.3 is 0 Å². The molecule has 0 unspecified atom stereocenters. The van der Waals surface area contributed by atoms with Gasteiger partial charge in [0, 0.05) is 31.7 Å². The number of Topliss-reactive ketones (excluding diaryl/α,β-unsaturated/α-hetero) is 2. The molecule has 3 atom stereocenters. The maximum Gasteiger partial charge on any atom is 0.224 e. The van der Waals surface area contributed by atoms with Crippen molar-refractivity contribution in [1.82, 2.24) is 10.2 Å². The molecule has 2 heterocycles. The van der Waals surface area contributed by atoms with Crippen LogP contribution in [0.4, 0.5) is 0 Å². The number of benzene rings is 2. The normalized spacial score (nSPS) is 23.3. The number of hydrogen-bond acceptors (Lipinski definition) is 7. The number of carbonyl (C=O) groups is 4. The highest BCUT2D eigenvalue weighted by molar-refractivity contribution is 5.95. The average Bonchev–Trinajstić information content (AvgIpc) is 3.38. The summed E-state index contributed by atoms with van der Waals surface area (Å²) < 4.78 is 11.4. The number of nitrogens with one attached hydrogen (secondary N) is 1. The summed E-state index contributed by atoms with van der Waals surface area (Å²) >= 11 is 0. The van der Waals surface area contributed by atoms with E-state index in [4.69, 9.17) is 15.2 Å². The van der Waals surface area contributed by atoms with Crippen LogP contribution < -0.4 is 15.8 Å². The number of fused-ring (bicyclic) bond motifs is 2. The van der Waals surface area contributed by atoms with Crippen LogP contribution in [-0.2, 0) is 36.8 Å². The van der Waals surface area contributed by atoms with Gasteiger partial charge in [-0.3, -0.25) is 19.2 Å². The second kappa shape index (κ2) is 14.0. The number of nitrogens with two attached hydrogens (primary N) is 1. The van der Waals surface area contributed by atoms with E-state index in [1.54, 1.807) is 4.90 Å². The van der Waals surface area contributed by atoms with Gasteiger partial charge in [-0.2, -0.15) is 0 Å². The predicted octanol–water partition coefficient (Wildman–Crippen LogP) is 1.85. The summed E-state index contributed by atoms with van der Waals surface area (Å²) in [7, 11) is 0. The molecule has 2 aliphatic heterocycles. The number of nitrogens with zero attached hydrogens (tertiary/aromatic N) is 1. The molecular weight excluding hydrogens is 498 g/mol. The minimum Gasteiger partial charge on any atom is -0.491 e. The van der Waals surface area contributed by atoms with Gasteiger partial charge in [0.15, 0.2) is 11.6 Å².